The van der Waals surface area contributed by atoms with Crippen molar-refractivity contribution in [1.82, 2.24) is 10.3 Å². The van der Waals surface area contributed by atoms with Crippen LogP contribution in [0.15, 0.2) is 18.3 Å². The molecule has 0 saturated carbocycles. The summed E-state index contributed by atoms with van der Waals surface area (Å²) in [6, 6.07) is 6.86. The van der Waals surface area contributed by atoms with Crippen molar-refractivity contribution >= 4 is 5.82 Å². The van der Waals surface area contributed by atoms with E-state index in [0.29, 0.717) is 0 Å². The number of nitrogens with one attached hydrogen (secondary N) is 1. The third-order valence-electron chi connectivity index (χ3n) is 2.40. The number of anilines is 1. The van der Waals surface area contributed by atoms with E-state index in [1.165, 1.54) is 0 Å². The molecule has 1 aromatic rings. The third-order valence-corrected chi connectivity index (χ3v) is 2.40. The van der Waals surface area contributed by atoms with Crippen LogP contribution in [-0.4, -0.2) is 42.4 Å². The van der Waals surface area contributed by atoms with E-state index < -0.39 is 0 Å². The zero-order valence-electron chi connectivity index (χ0n) is 7.98. The molecule has 2 N–H and O–H groups in total. The summed E-state index contributed by atoms with van der Waals surface area (Å²) in [5.41, 5.74) is 0. The van der Waals surface area contributed by atoms with Gasteiger partial charge in [0.25, 0.3) is 0 Å². The Balaban J connectivity index is 2.04. The van der Waals surface area contributed by atoms with Gasteiger partial charge in [0.05, 0.1) is 6.61 Å². The molecule has 14 heavy (non-hydrogen) atoms. The minimum Gasteiger partial charge on any atom is -0.395 e. The van der Waals surface area contributed by atoms with E-state index in [4.69, 9.17) is 5.11 Å². The standard InChI is InChI=1S/C10H14N3O/c14-8-9-7-13(6-5-11-9)10-3-1-2-4-12-10/h1,3-4,9,11,14H,5-8H2. The molecule has 0 bridgehead atoms. The Labute approximate surface area is 83.6 Å². The fourth-order valence-corrected chi connectivity index (χ4v) is 1.66. The van der Waals surface area contributed by atoms with Crippen LogP contribution in [0.3, 0.4) is 0 Å². The molecule has 1 aromatic heterocycles. The van der Waals surface area contributed by atoms with E-state index in [1.54, 1.807) is 6.20 Å². The van der Waals surface area contributed by atoms with Gasteiger partial charge in [0.1, 0.15) is 5.82 Å². The second-order valence-electron chi connectivity index (χ2n) is 3.40. The van der Waals surface area contributed by atoms with E-state index >= 15 is 0 Å². The molecule has 0 aromatic carbocycles. The van der Waals surface area contributed by atoms with Gasteiger partial charge in [0, 0.05) is 37.9 Å². The number of rotatable bonds is 2. The predicted molar refractivity (Wildman–Crippen MR) is 54.2 cm³/mol. The first kappa shape index (κ1) is 9.43. The molecule has 1 aliphatic heterocycles. The van der Waals surface area contributed by atoms with Crippen molar-refractivity contribution in [2.45, 2.75) is 6.04 Å². The summed E-state index contributed by atoms with van der Waals surface area (Å²) in [5, 5.41) is 12.3. The molecule has 0 amide bonds. The highest BCUT2D eigenvalue weighted by atomic mass is 16.3. The number of aromatic nitrogens is 1. The molecule has 0 aliphatic carbocycles. The van der Waals surface area contributed by atoms with Gasteiger partial charge in [0.2, 0.25) is 0 Å². The molecule has 1 atom stereocenters. The first-order valence-electron chi connectivity index (χ1n) is 4.81. The van der Waals surface area contributed by atoms with Gasteiger partial charge in [-0.25, -0.2) is 4.98 Å². The van der Waals surface area contributed by atoms with Crippen LogP contribution in [0.1, 0.15) is 0 Å². The highest BCUT2D eigenvalue weighted by molar-refractivity contribution is 5.38. The summed E-state index contributed by atoms with van der Waals surface area (Å²) in [4.78, 5) is 6.40. The van der Waals surface area contributed by atoms with Crippen molar-refractivity contribution in [2.75, 3.05) is 31.1 Å². The van der Waals surface area contributed by atoms with Crippen LogP contribution in [0.25, 0.3) is 0 Å². The summed E-state index contributed by atoms with van der Waals surface area (Å²) >= 11 is 0. The molecule has 75 valence electrons. The van der Waals surface area contributed by atoms with E-state index in [9.17, 15) is 0 Å². The fraction of sp³-hybridized carbons (Fsp3) is 0.500. The topological polar surface area (TPSA) is 48.4 Å². The Morgan fingerprint density at radius 3 is 3.36 bits per heavy atom. The van der Waals surface area contributed by atoms with Crippen LogP contribution in [0, 0.1) is 6.07 Å². The number of hydrogen-bond acceptors (Lipinski definition) is 4. The van der Waals surface area contributed by atoms with Crippen LogP contribution in [0.5, 0.6) is 0 Å². The zero-order chi connectivity index (χ0) is 9.80. The summed E-state index contributed by atoms with van der Waals surface area (Å²) in [7, 11) is 0. The van der Waals surface area contributed by atoms with Gasteiger partial charge < -0.3 is 15.3 Å². The molecular weight excluding hydrogens is 178 g/mol. The lowest BCUT2D eigenvalue weighted by atomic mass is 10.2. The third kappa shape index (κ3) is 2.02. The SMILES string of the molecule is OCC1CN(c2cc[c]cn2)CCN1. The van der Waals surface area contributed by atoms with Crippen molar-refractivity contribution < 1.29 is 5.11 Å². The lowest BCUT2D eigenvalue weighted by Gasteiger charge is -2.33. The van der Waals surface area contributed by atoms with Crippen LogP contribution in [0.4, 0.5) is 5.82 Å². The van der Waals surface area contributed by atoms with Crippen molar-refractivity contribution in [2.24, 2.45) is 0 Å². The Morgan fingerprint density at radius 1 is 1.71 bits per heavy atom. The number of piperazine rings is 1. The van der Waals surface area contributed by atoms with Crippen LogP contribution >= 0.6 is 0 Å². The molecule has 2 rings (SSSR count). The van der Waals surface area contributed by atoms with Gasteiger partial charge in [-0.15, -0.1) is 0 Å². The summed E-state index contributed by atoms with van der Waals surface area (Å²) in [6.45, 7) is 2.82. The Kier molecular flexibility index (Phi) is 2.96. The van der Waals surface area contributed by atoms with Gasteiger partial charge in [-0.05, 0) is 12.1 Å². The average molecular weight is 192 g/mol. The zero-order valence-corrected chi connectivity index (χ0v) is 7.98. The minimum absolute atomic E-state index is 0.162. The van der Waals surface area contributed by atoms with Gasteiger partial charge in [0.15, 0.2) is 0 Å². The molecule has 4 nitrogen and oxygen atoms in total. The summed E-state index contributed by atoms with van der Waals surface area (Å²) in [5.74, 6) is 0.962. The maximum Gasteiger partial charge on any atom is 0.128 e. The number of nitrogens with zero attached hydrogens (tertiary/aromatic N) is 2. The van der Waals surface area contributed by atoms with Crippen molar-refractivity contribution in [3.63, 3.8) is 0 Å². The molecule has 0 spiro atoms. The lowest BCUT2D eigenvalue weighted by molar-refractivity contribution is 0.235. The highest BCUT2D eigenvalue weighted by Crippen LogP contribution is 2.11. The van der Waals surface area contributed by atoms with Crippen LogP contribution in [-0.2, 0) is 0 Å². The van der Waals surface area contributed by atoms with Crippen molar-refractivity contribution in [1.29, 1.82) is 0 Å². The first-order chi connectivity index (χ1) is 6.90. The average Bonchev–Trinajstić information content (AvgIpc) is 2.30. The fourth-order valence-electron chi connectivity index (χ4n) is 1.66. The quantitative estimate of drug-likeness (QED) is 0.672. The molecule has 1 unspecified atom stereocenters. The number of hydrogen-bond donors (Lipinski definition) is 2. The van der Waals surface area contributed by atoms with E-state index in [-0.39, 0.29) is 12.6 Å². The lowest BCUT2D eigenvalue weighted by Crippen LogP contribution is -2.52. The molecule has 4 heteroatoms. The minimum atomic E-state index is 0.162. The number of aliphatic hydroxyl groups excluding tert-OH is 1. The first-order valence-corrected chi connectivity index (χ1v) is 4.81. The predicted octanol–water partition coefficient (Wildman–Crippen LogP) is -0.348. The normalized spacial score (nSPS) is 22.4. The van der Waals surface area contributed by atoms with Gasteiger partial charge in [-0.1, -0.05) is 0 Å². The Hall–Kier alpha value is -1.13. The van der Waals surface area contributed by atoms with Crippen LogP contribution in [0.2, 0.25) is 0 Å². The second kappa shape index (κ2) is 4.39. The van der Waals surface area contributed by atoms with Crippen LogP contribution < -0.4 is 10.2 Å². The summed E-state index contributed by atoms with van der Waals surface area (Å²) < 4.78 is 0. The second-order valence-corrected chi connectivity index (χ2v) is 3.40. The van der Waals surface area contributed by atoms with E-state index in [1.807, 2.05) is 12.1 Å². The molecule has 1 radical (unpaired) electrons. The molecule has 2 heterocycles. The molecular formula is C10H14N3O. The molecule has 1 saturated heterocycles. The largest absolute Gasteiger partial charge is 0.395 e. The Morgan fingerprint density at radius 2 is 2.64 bits per heavy atom. The van der Waals surface area contributed by atoms with E-state index in [0.717, 1.165) is 25.5 Å². The monoisotopic (exact) mass is 192 g/mol. The van der Waals surface area contributed by atoms with Gasteiger partial charge in [-0.3, -0.25) is 0 Å². The number of pyridine rings is 1. The van der Waals surface area contributed by atoms with Gasteiger partial charge >= 0.3 is 0 Å². The smallest absolute Gasteiger partial charge is 0.128 e. The maximum atomic E-state index is 9.04. The molecule has 1 aliphatic rings. The highest BCUT2D eigenvalue weighted by Gasteiger charge is 2.18. The van der Waals surface area contributed by atoms with Crippen molar-refractivity contribution in [3.05, 3.63) is 24.4 Å². The van der Waals surface area contributed by atoms with Gasteiger partial charge in [-0.2, -0.15) is 0 Å². The van der Waals surface area contributed by atoms with E-state index in [2.05, 4.69) is 21.3 Å². The maximum absolute atomic E-state index is 9.04. The molecule has 1 fully saturated rings. The number of aliphatic hydroxyl groups is 1. The Bertz CT molecular complexity index is 278. The van der Waals surface area contributed by atoms with Crippen molar-refractivity contribution in [3.8, 4) is 0 Å². The summed E-state index contributed by atoms with van der Waals surface area (Å²) in [6.07, 6.45) is 1.67.